The molecule has 0 aromatic heterocycles. The van der Waals surface area contributed by atoms with Crippen molar-refractivity contribution >= 4 is 11.6 Å². The Labute approximate surface area is 110 Å². The van der Waals surface area contributed by atoms with Gasteiger partial charge in [0.25, 0.3) is 0 Å². The van der Waals surface area contributed by atoms with E-state index in [9.17, 15) is 0 Å². The molecule has 2 aromatic carbocycles. The van der Waals surface area contributed by atoms with Crippen LogP contribution in [0.5, 0.6) is 23.0 Å². The molecule has 0 radical (unpaired) electrons. The van der Waals surface area contributed by atoms with Crippen molar-refractivity contribution in [3.8, 4) is 23.0 Å². The molecule has 4 heteroatoms. The fourth-order valence-electron chi connectivity index (χ4n) is 1.72. The fraction of sp³-hybridized carbons (Fsp3) is 0.143. The minimum atomic E-state index is 0.267. The minimum absolute atomic E-state index is 0.267. The molecule has 2 aromatic rings. The highest BCUT2D eigenvalue weighted by Gasteiger charge is 2.13. The first-order valence-electron chi connectivity index (χ1n) is 5.57. The molecule has 1 heterocycles. The third-order valence-electron chi connectivity index (χ3n) is 2.66. The molecule has 3 nitrogen and oxygen atoms in total. The zero-order chi connectivity index (χ0) is 12.4. The van der Waals surface area contributed by atoms with Gasteiger partial charge in [0.05, 0.1) is 0 Å². The van der Waals surface area contributed by atoms with Crippen molar-refractivity contribution in [1.29, 1.82) is 0 Å². The van der Waals surface area contributed by atoms with E-state index in [1.165, 1.54) is 0 Å². The highest BCUT2D eigenvalue weighted by atomic mass is 35.5. The van der Waals surface area contributed by atoms with Gasteiger partial charge in [0.15, 0.2) is 11.5 Å². The fourth-order valence-corrected chi connectivity index (χ4v) is 1.90. The summed E-state index contributed by atoms with van der Waals surface area (Å²) < 4.78 is 16.3. The second-order valence-corrected chi connectivity index (χ2v) is 4.16. The standard InChI is InChI=1S/C14H11ClO3/c15-8-10-1-3-11(4-2-10)18-12-5-6-13-14(7-12)17-9-16-13/h1-7H,8-9H2. The normalized spacial score (nSPS) is 12.5. The van der Waals surface area contributed by atoms with Crippen LogP contribution < -0.4 is 14.2 Å². The van der Waals surface area contributed by atoms with Crippen molar-refractivity contribution in [3.63, 3.8) is 0 Å². The molecule has 0 saturated heterocycles. The summed E-state index contributed by atoms with van der Waals surface area (Å²) in [7, 11) is 0. The molecule has 0 atom stereocenters. The number of benzene rings is 2. The highest BCUT2D eigenvalue weighted by Crippen LogP contribution is 2.36. The van der Waals surface area contributed by atoms with E-state index in [0.29, 0.717) is 11.6 Å². The lowest BCUT2D eigenvalue weighted by Crippen LogP contribution is -1.92. The Kier molecular flexibility index (Phi) is 2.99. The van der Waals surface area contributed by atoms with Crippen molar-refractivity contribution in [2.24, 2.45) is 0 Å². The van der Waals surface area contributed by atoms with E-state index in [-0.39, 0.29) is 6.79 Å². The molecule has 0 saturated carbocycles. The lowest BCUT2D eigenvalue weighted by Gasteiger charge is -2.06. The molecule has 18 heavy (non-hydrogen) atoms. The van der Waals surface area contributed by atoms with Crippen LogP contribution in [0.15, 0.2) is 42.5 Å². The predicted molar refractivity (Wildman–Crippen MR) is 68.6 cm³/mol. The quantitative estimate of drug-likeness (QED) is 0.784. The van der Waals surface area contributed by atoms with Gasteiger partial charge in [0, 0.05) is 11.9 Å². The number of ether oxygens (including phenoxy) is 3. The first-order valence-corrected chi connectivity index (χ1v) is 6.11. The third-order valence-corrected chi connectivity index (χ3v) is 2.97. The van der Waals surface area contributed by atoms with Crippen LogP contribution in [-0.2, 0) is 5.88 Å². The number of hydrogen-bond donors (Lipinski definition) is 0. The van der Waals surface area contributed by atoms with Crippen LogP contribution in [0, 0.1) is 0 Å². The lowest BCUT2D eigenvalue weighted by atomic mass is 10.2. The van der Waals surface area contributed by atoms with Gasteiger partial charge in [-0.1, -0.05) is 12.1 Å². The minimum Gasteiger partial charge on any atom is -0.457 e. The Morgan fingerprint density at radius 1 is 0.944 bits per heavy atom. The number of hydrogen-bond acceptors (Lipinski definition) is 3. The van der Waals surface area contributed by atoms with Gasteiger partial charge in [-0.25, -0.2) is 0 Å². The maximum absolute atomic E-state index is 5.73. The molecule has 0 unspecified atom stereocenters. The second kappa shape index (κ2) is 4.78. The van der Waals surface area contributed by atoms with Crippen molar-refractivity contribution in [2.75, 3.05) is 6.79 Å². The van der Waals surface area contributed by atoms with Crippen molar-refractivity contribution in [3.05, 3.63) is 48.0 Å². The van der Waals surface area contributed by atoms with E-state index in [1.807, 2.05) is 42.5 Å². The number of alkyl halides is 1. The molecule has 92 valence electrons. The van der Waals surface area contributed by atoms with Crippen LogP contribution in [-0.4, -0.2) is 6.79 Å². The van der Waals surface area contributed by atoms with E-state index < -0.39 is 0 Å². The van der Waals surface area contributed by atoms with Crippen molar-refractivity contribution < 1.29 is 14.2 Å². The van der Waals surface area contributed by atoms with Gasteiger partial charge in [-0.3, -0.25) is 0 Å². The van der Waals surface area contributed by atoms with Crippen LogP contribution in [0.1, 0.15) is 5.56 Å². The molecular weight excluding hydrogens is 252 g/mol. The molecule has 0 spiro atoms. The van der Waals surface area contributed by atoms with Crippen LogP contribution in [0.2, 0.25) is 0 Å². The summed E-state index contributed by atoms with van der Waals surface area (Å²) >= 11 is 5.73. The van der Waals surface area contributed by atoms with Gasteiger partial charge in [-0.05, 0) is 29.8 Å². The van der Waals surface area contributed by atoms with E-state index in [2.05, 4.69) is 0 Å². The summed E-state index contributed by atoms with van der Waals surface area (Å²) in [5.74, 6) is 3.45. The maximum atomic E-state index is 5.73. The molecule has 0 amide bonds. The molecule has 1 aliphatic rings. The van der Waals surface area contributed by atoms with Crippen LogP contribution in [0.3, 0.4) is 0 Å². The van der Waals surface area contributed by atoms with E-state index in [1.54, 1.807) is 0 Å². The Hall–Kier alpha value is -1.87. The predicted octanol–water partition coefficient (Wildman–Crippen LogP) is 3.95. The van der Waals surface area contributed by atoms with Gasteiger partial charge >= 0.3 is 0 Å². The Balaban J connectivity index is 1.79. The number of halogens is 1. The average Bonchev–Trinajstić information content (AvgIpc) is 2.87. The monoisotopic (exact) mass is 262 g/mol. The Morgan fingerprint density at radius 2 is 1.67 bits per heavy atom. The molecule has 3 rings (SSSR count). The molecule has 0 N–H and O–H groups in total. The van der Waals surface area contributed by atoms with Gasteiger partial charge in [-0.2, -0.15) is 0 Å². The molecule has 0 bridgehead atoms. The van der Waals surface area contributed by atoms with Crippen molar-refractivity contribution in [1.82, 2.24) is 0 Å². The summed E-state index contributed by atoms with van der Waals surface area (Å²) in [4.78, 5) is 0. The van der Waals surface area contributed by atoms with Crippen molar-refractivity contribution in [2.45, 2.75) is 5.88 Å². The van der Waals surface area contributed by atoms with Crippen LogP contribution in [0.25, 0.3) is 0 Å². The molecule has 0 fully saturated rings. The number of rotatable bonds is 3. The average molecular weight is 263 g/mol. The summed E-state index contributed by atoms with van der Waals surface area (Å²) in [6, 6.07) is 13.2. The van der Waals surface area contributed by atoms with Gasteiger partial charge in [0.1, 0.15) is 11.5 Å². The smallest absolute Gasteiger partial charge is 0.231 e. The second-order valence-electron chi connectivity index (χ2n) is 3.89. The van der Waals surface area contributed by atoms with Crippen LogP contribution in [0.4, 0.5) is 0 Å². The zero-order valence-corrected chi connectivity index (χ0v) is 10.3. The lowest BCUT2D eigenvalue weighted by molar-refractivity contribution is 0.174. The van der Waals surface area contributed by atoms with Gasteiger partial charge in [0.2, 0.25) is 6.79 Å². The first kappa shape index (κ1) is 11.2. The summed E-state index contributed by atoms with van der Waals surface area (Å²) in [6.07, 6.45) is 0. The van der Waals surface area contributed by atoms with E-state index in [0.717, 1.165) is 22.8 Å². The van der Waals surface area contributed by atoms with E-state index >= 15 is 0 Å². The van der Waals surface area contributed by atoms with Gasteiger partial charge < -0.3 is 14.2 Å². The summed E-state index contributed by atoms with van der Waals surface area (Å²) in [6.45, 7) is 0.267. The SMILES string of the molecule is ClCc1ccc(Oc2ccc3c(c2)OCO3)cc1. The largest absolute Gasteiger partial charge is 0.457 e. The third kappa shape index (κ3) is 2.22. The number of fused-ring (bicyclic) bond motifs is 1. The summed E-state index contributed by atoms with van der Waals surface area (Å²) in [5, 5.41) is 0. The van der Waals surface area contributed by atoms with Gasteiger partial charge in [-0.15, -0.1) is 11.6 Å². The topological polar surface area (TPSA) is 27.7 Å². The van der Waals surface area contributed by atoms with E-state index in [4.69, 9.17) is 25.8 Å². The maximum Gasteiger partial charge on any atom is 0.231 e. The van der Waals surface area contributed by atoms with Crippen LogP contribution >= 0.6 is 11.6 Å². The molecular formula is C14H11ClO3. The Bertz CT molecular complexity index is 551. The first-order chi connectivity index (χ1) is 8.85. The Morgan fingerprint density at radius 3 is 2.44 bits per heavy atom. The molecule has 0 aliphatic carbocycles. The summed E-state index contributed by atoms with van der Waals surface area (Å²) in [5.41, 5.74) is 1.06. The highest BCUT2D eigenvalue weighted by molar-refractivity contribution is 6.17. The molecule has 1 aliphatic heterocycles. The zero-order valence-electron chi connectivity index (χ0n) is 9.56.